The van der Waals surface area contributed by atoms with Crippen LogP contribution >= 0.6 is 0 Å². The second kappa shape index (κ2) is 3.84. The van der Waals surface area contributed by atoms with Gasteiger partial charge in [-0.25, -0.2) is 4.98 Å². The molecule has 1 aliphatic rings. The van der Waals surface area contributed by atoms with E-state index in [2.05, 4.69) is 4.98 Å². The predicted octanol–water partition coefficient (Wildman–Crippen LogP) is 0.579. The van der Waals surface area contributed by atoms with Gasteiger partial charge in [0.1, 0.15) is 0 Å². The zero-order valence-electron chi connectivity index (χ0n) is 8.47. The van der Waals surface area contributed by atoms with Crippen LogP contribution in [0.25, 0.3) is 0 Å². The highest BCUT2D eigenvalue weighted by Gasteiger charge is 2.22. The van der Waals surface area contributed by atoms with Crippen LogP contribution in [0.2, 0.25) is 0 Å². The second-order valence-electron chi connectivity index (χ2n) is 3.73. The maximum Gasteiger partial charge on any atom is 0.313 e. The molecule has 1 fully saturated rings. The number of hydrogen-bond donors (Lipinski definition) is 0. The summed E-state index contributed by atoms with van der Waals surface area (Å²) in [7, 11) is 0. The number of hydrogen-bond acceptors (Lipinski definition) is 4. The summed E-state index contributed by atoms with van der Waals surface area (Å²) < 4.78 is 6.25. The third-order valence-electron chi connectivity index (χ3n) is 2.27. The van der Waals surface area contributed by atoms with Gasteiger partial charge in [0.05, 0.1) is 0 Å². The van der Waals surface area contributed by atoms with Crippen molar-refractivity contribution in [3.8, 4) is 5.88 Å². The molecule has 1 aliphatic carbocycles. The molecule has 15 heavy (non-hydrogen) atoms. The number of carbonyl (C=O) groups excluding carboxylic acids is 1. The number of esters is 1. The first kappa shape index (κ1) is 9.89. The highest BCUT2D eigenvalue weighted by atomic mass is 16.5. The van der Waals surface area contributed by atoms with Crippen LogP contribution in [0, 0.1) is 5.92 Å². The van der Waals surface area contributed by atoms with Gasteiger partial charge < -0.3 is 9.30 Å². The van der Waals surface area contributed by atoms with E-state index in [0.717, 1.165) is 12.8 Å². The van der Waals surface area contributed by atoms with E-state index in [-0.39, 0.29) is 11.4 Å². The maximum atomic E-state index is 11.7. The van der Waals surface area contributed by atoms with Crippen molar-refractivity contribution in [1.82, 2.24) is 9.55 Å². The van der Waals surface area contributed by atoms with Crippen molar-refractivity contribution in [3.05, 3.63) is 22.7 Å². The Kier molecular flexibility index (Phi) is 2.53. The van der Waals surface area contributed by atoms with Crippen LogP contribution in [0.1, 0.15) is 19.8 Å². The van der Waals surface area contributed by atoms with E-state index in [0.29, 0.717) is 12.5 Å². The van der Waals surface area contributed by atoms with Crippen molar-refractivity contribution in [2.75, 3.05) is 0 Å². The molecule has 1 heterocycles. The van der Waals surface area contributed by atoms with Crippen LogP contribution in [0.4, 0.5) is 0 Å². The summed E-state index contributed by atoms with van der Waals surface area (Å²) in [6.07, 6.45) is 5.42. The molecular formula is C10H12N2O3. The summed E-state index contributed by atoms with van der Waals surface area (Å²) in [5.41, 5.74) is -0.334. The first-order valence-corrected chi connectivity index (χ1v) is 4.90. The van der Waals surface area contributed by atoms with Crippen molar-refractivity contribution in [2.45, 2.75) is 26.3 Å². The topological polar surface area (TPSA) is 61.2 Å². The molecule has 0 amide bonds. The molecule has 5 heteroatoms. The minimum absolute atomic E-state index is 0.134. The zero-order chi connectivity index (χ0) is 10.8. The van der Waals surface area contributed by atoms with Gasteiger partial charge in [0.2, 0.25) is 0 Å². The molecule has 0 atom stereocenters. The highest BCUT2D eigenvalue weighted by molar-refractivity contribution is 5.68. The monoisotopic (exact) mass is 208 g/mol. The van der Waals surface area contributed by atoms with Crippen LogP contribution in [0.15, 0.2) is 17.2 Å². The standard InChI is InChI=1S/C10H12N2O3/c1-7(13)15-9-10(14)12(5-4-11-9)6-8-2-3-8/h4-5,8H,2-3,6H2,1H3. The van der Waals surface area contributed by atoms with Gasteiger partial charge in [-0.2, -0.15) is 0 Å². The third-order valence-corrected chi connectivity index (χ3v) is 2.27. The van der Waals surface area contributed by atoms with Crippen molar-refractivity contribution in [1.29, 1.82) is 0 Å². The Morgan fingerprint density at radius 3 is 3.00 bits per heavy atom. The molecule has 80 valence electrons. The van der Waals surface area contributed by atoms with Gasteiger partial charge in [-0.15, -0.1) is 0 Å². The fraction of sp³-hybridized carbons (Fsp3) is 0.500. The van der Waals surface area contributed by atoms with Gasteiger partial charge in [-0.1, -0.05) is 0 Å². The average Bonchev–Trinajstić information content (AvgIpc) is 2.95. The number of nitrogens with zero attached hydrogens (tertiary/aromatic N) is 2. The fourth-order valence-electron chi connectivity index (χ4n) is 1.36. The molecule has 2 rings (SSSR count). The van der Waals surface area contributed by atoms with Crippen molar-refractivity contribution >= 4 is 5.97 Å². The molecule has 0 radical (unpaired) electrons. The Labute approximate surface area is 86.7 Å². The van der Waals surface area contributed by atoms with Crippen LogP contribution in [-0.4, -0.2) is 15.5 Å². The Morgan fingerprint density at radius 1 is 1.67 bits per heavy atom. The number of ether oxygens (including phenoxy) is 1. The molecule has 0 N–H and O–H groups in total. The van der Waals surface area contributed by atoms with Crippen molar-refractivity contribution in [2.24, 2.45) is 5.92 Å². The van der Waals surface area contributed by atoms with E-state index in [1.54, 1.807) is 10.8 Å². The minimum atomic E-state index is -0.524. The first-order valence-electron chi connectivity index (χ1n) is 4.90. The summed E-state index contributed by atoms with van der Waals surface area (Å²) in [5, 5.41) is 0. The Hall–Kier alpha value is -1.65. The van der Waals surface area contributed by atoms with Crippen molar-refractivity contribution < 1.29 is 9.53 Å². The molecule has 1 aromatic heterocycles. The molecule has 0 unspecified atom stereocenters. The Morgan fingerprint density at radius 2 is 2.40 bits per heavy atom. The molecule has 1 aromatic rings. The summed E-state index contributed by atoms with van der Waals surface area (Å²) in [4.78, 5) is 26.1. The van der Waals surface area contributed by atoms with E-state index in [9.17, 15) is 9.59 Å². The largest absolute Gasteiger partial charge is 0.402 e. The predicted molar refractivity (Wildman–Crippen MR) is 52.5 cm³/mol. The number of aromatic nitrogens is 2. The minimum Gasteiger partial charge on any atom is -0.402 e. The summed E-state index contributed by atoms with van der Waals surface area (Å²) in [5.74, 6) is -0.0651. The lowest BCUT2D eigenvalue weighted by atomic mass is 10.4. The van der Waals surface area contributed by atoms with Crippen LogP contribution in [0.3, 0.4) is 0 Å². The number of carbonyl (C=O) groups is 1. The SMILES string of the molecule is CC(=O)Oc1nccn(CC2CC2)c1=O. The van der Waals surface area contributed by atoms with Crippen LogP contribution in [0.5, 0.6) is 5.88 Å². The van der Waals surface area contributed by atoms with E-state index in [4.69, 9.17) is 4.74 Å². The van der Waals surface area contributed by atoms with E-state index < -0.39 is 5.97 Å². The van der Waals surface area contributed by atoms with Crippen LogP contribution < -0.4 is 10.3 Å². The fourth-order valence-corrected chi connectivity index (χ4v) is 1.36. The molecule has 0 aliphatic heterocycles. The van der Waals surface area contributed by atoms with Crippen LogP contribution in [-0.2, 0) is 11.3 Å². The zero-order valence-corrected chi connectivity index (χ0v) is 8.47. The van der Waals surface area contributed by atoms with Crippen molar-refractivity contribution in [3.63, 3.8) is 0 Å². The lowest BCUT2D eigenvalue weighted by molar-refractivity contribution is -0.132. The Bertz CT molecular complexity index is 435. The van der Waals surface area contributed by atoms with Gasteiger partial charge in [-0.3, -0.25) is 9.59 Å². The summed E-state index contributed by atoms with van der Waals surface area (Å²) in [6, 6.07) is 0. The van der Waals surface area contributed by atoms with E-state index in [1.165, 1.54) is 13.1 Å². The molecular weight excluding hydrogens is 196 g/mol. The van der Waals surface area contributed by atoms with Gasteiger partial charge in [0.15, 0.2) is 0 Å². The molecule has 1 saturated carbocycles. The molecule has 0 saturated heterocycles. The maximum absolute atomic E-state index is 11.7. The average molecular weight is 208 g/mol. The molecule has 5 nitrogen and oxygen atoms in total. The lowest BCUT2D eigenvalue weighted by Gasteiger charge is -2.05. The van der Waals surface area contributed by atoms with Gasteiger partial charge in [0, 0.05) is 25.9 Å². The van der Waals surface area contributed by atoms with Gasteiger partial charge in [0.25, 0.3) is 5.88 Å². The smallest absolute Gasteiger partial charge is 0.313 e. The normalized spacial score (nSPS) is 15.0. The van der Waals surface area contributed by atoms with E-state index in [1.807, 2.05) is 0 Å². The highest BCUT2D eigenvalue weighted by Crippen LogP contribution is 2.29. The van der Waals surface area contributed by atoms with Gasteiger partial charge in [-0.05, 0) is 18.8 Å². The third kappa shape index (κ3) is 2.43. The lowest BCUT2D eigenvalue weighted by Crippen LogP contribution is -2.24. The molecule has 0 aromatic carbocycles. The Balaban J connectivity index is 2.23. The van der Waals surface area contributed by atoms with E-state index >= 15 is 0 Å². The second-order valence-corrected chi connectivity index (χ2v) is 3.73. The quantitative estimate of drug-likeness (QED) is 0.681. The van der Waals surface area contributed by atoms with Gasteiger partial charge >= 0.3 is 11.5 Å². The summed E-state index contributed by atoms with van der Waals surface area (Å²) >= 11 is 0. The summed E-state index contributed by atoms with van der Waals surface area (Å²) in [6.45, 7) is 1.94. The first-order chi connectivity index (χ1) is 7.16. The molecule has 0 spiro atoms. The number of rotatable bonds is 3. The molecule has 0 bridgehead atoms.